The number of nitrogen functional groups attached to an aromatic ring is 1. The van der Waals surface area contributed by atoms with Crippen LogP contribution in [0.15, 0.2) is 12.1 Å². The van der Waals surface area contributed by atoms with Crippen molar-refractivity contribution in [1.82, 2.24) is 4.98 Å². The maximum Gasteiger partial charge on any atom is 0.311 e. The fraction of sp³-hybridized carbons (Fsp3) is 0.333. The van der Waals surface area contributed by atoms with Gasteiger partial charge in [0.1, 0.15) is 5.82 Å². The van der Waals surface area contributed by atoms with Crippen LogP contribution in [0.1, 0.15) is 12.8 Å². The van der Waals surface area contributed by atoms with Gasteiger partial charge in [0.05, 0.1) is 4.92 Å². The summed E-state index contributed by atoms with van der Waals surface area (Å²) in [5, 5.41) is 13.4. The first-order chi connectivity index (χ1) is 8.00. The summed E-state index contributed by atoms with van der Waals surface area (Å²) in [6, 6.07) is 2.73. The van der Waals surface area contributed by atoms with Crippen LogP contribution in [-0.4, -0.2) is 22.4 Å². The van der Waals surface area contributed by atoms with E-state index in [4.69, 9.17) is 11.5 Å². The van der Waals surface area contributed by atoms with Crippen LogP contribution in [0.2, 0.25) is 0 Å². The Kier molecular flexibility index (Phi) is 4.21. The van der Waals surface area contributed by atoms with E-state index in [2.05, 4.69) is 10.3 Å². The molecule has 1 aromatic rings. The predicted molar refractivity (Wildman–Crippen MR) is 62.2 cm³/mol. The molecular weight excluding hydrogens is 226 g/mol. The van der Waals surface area contributed by atoms with E-state index in [-0.39, 0.29) is 23.8 Å². The number of nitrogens with one attached hydrogen (secondary N) is 1. The SMILES string of the molecule is NC(=O)CCCNc1ccc([N+](=O)[O-])c(N)n1. The molecule has 0 aliphatic carbocycles. The number of aromatic nitrogens is 1. The number of primary amides is 1. The summed E-state index contributed by atoms with van der Waals surface area (Å²) in [5.74, 6) is -0.0876. The van der Waals surface area contributed by atoms with Gasteiger partial charge in [-0.2, -0.15) is 0 Å². The normalized spacial score (nSPS) is 9.88. The minimum atomic E-state index is -0.598. The lowest BCUT2D eigenvalue weighted by Gasteiger charge is -2.05. The number of hydrogen-bond acceptors (Lipinski definition) is 6. The second-order valence-electron chi connectivity index (χ2n) is 3.35. The van der Waals surface area contributed by atoms with Gasteiger partial charge in [-0.25, -0.2) is 4.98 Å². The molecule has 0 aliphatic rings. The number of pyridine rings is 1. The van der Waals surface area contributed by atoms with E-state index in [0.717, 1.165) is 0 Å². The Morgan fingerprint density at radius 1 is 1.53 bits per heavy atom. The molecule has 17 heavy (non-hydrogen) atoms. The molecule has 1 heterocycles. The van der Waals surface area contributed by atoms with E-state index in [0.29, 0.717) is 18.8 Å². The zero-order chi connectivity index (χ0) is 12.8. The number of carbonyl (C=O) groups is 1. The summed E-state index contributed by atoms with van der Waals surface area (Å²) in [4.78, 5) is 24.2. The van der Waals surface area contributed by atoms with Gasteiger partial charge < -0.3 is 16.8 Å². The van der Waals surface area contributed by atoms with Crippen molar-refractivity contribution >= 4 is 23.2 Å². The molecule has 0 fully saturated rings. The average Bonchev–Trinajstić information content (AvgIpc) is 2.23. The first-order valence-corrected chi connectivity index (χ1v) is 4.94. The fourth-order valence-electron chi connectivity index (χ4n) is 1.20. The molecule has 0 atom stereocenters. The smallest absolute Gasteiger partial charge is 0.311 e. The van der Waals surface area contributed by atoms with E-state index >= 15 is 0 Å². The molecule has 1 rings (SSSR count). The molecule has 5 N–H and O–H groups in total. The largest absolute Gasteiger partial charge is 0.378 e. The van der Waals surface area contributed by atoms with E-state index < -0.39 is 4.92 Å². The lowest BCUT2D eigenvalue weighted by molar-refractivity contribution is -0.384. The van der Waals surface area contributed by atoms with Crippen LogP contribution in [0.25, 0.3) is 0 Å². The molecule has 0 spiro atoms. The number of nitro groups is 1. The third kappa shape index (κ3) is 3.93. The van der Waals surface area contributed by atoms with Crippen molar-refractivity contribution in [2.45, 2.75) is 12.8 Å². The monoisotopic (exact) mass is 239 g/mol. The topological polar surface area (TPSA) is 137 Å². The minimum Gasteiger partial charge on any atom is -0.378 e. The van der Waals surface area contributed by atoms with Gasteiger partial charge in [0, 0.05) is 19.0 Å². The Morgan fingerprint density at radius 3 is 2.76 bits per heavy atom. The van der Waals surface area contributed by atoms with E-state index in [1.807, 2.05) is 0 Å². The van der Waals surface area contributed by atoms with E-state index in [1.165, 1.54) is 12.1 Å². The predicted octanol–water partition coefficient (Wildman–Crippen LogP) is 0.249. The van der Waals surface area contributed by atoms with Crippen LogP contribution in [0.4, 0.5) is 17.3 Å². The second-order valence-corrected chi connectivity index (χ2v) is 3.35. The van der Waals surface area contributed by atoms with Crippen molar-refractivity contribution in [3.63, 3.8) is 0 Å². The third-order valence-electron chi connectivity index (χ3n) is 2.01. The van der Waals surface area contributed by atoms with Crippen molar-refractivity contribution in [3.05, 3.63) is 22.2 Å². The van der Waals surface area contributed by atoms with Crippen LogP contribution in [0.5, 0.6) is 0 Å². The van der Waals surface area contributed by atoms with Gasteiger partial charge in [-0.3, -0.25) is 14.9 Å². The van der Waals surface area contributed by atoms with Gasteiger partial charge in [0.25, 0.3) is 0 Å². The number of nitrogens with zero attached hydrogens (tertiary/aromatic N) is 2. The van der Waals surface area contributed by atoms with Crippen LogP contribution in [-0.2, 0) is 4.79 Å². The molecule has 8 nitrogen and oxygen atoms in total. The Labute approximate surface area is 97.2 Å². The van der Waals surface area contributed by atoms with Crippen LogP contribution >= 0.6 is 0 Å². The van der Waals surface area contributed by atoms with Crippen molar-refractivity contribution in [2.75, 3.05) is 17.6 Å². The van der Waals surface area contributed by atoms with Gasteiger partial charge >= 0.3 is 5.69 Å². The number of rotatable bonds is 6. The fourth-order valence-corrected chi connectivity index (χ4v) is 1.20. The van der Waals surface area contributed by atoms with Gasteiger partial charge in [-0.05, 0) is 12.5 Å². The zero-order valence-electron chi connectivity index (χ0n) is 9.05. The molecule has 0 saturated carbocycles. The quantitative estimate of drug-likeness (QED) is 0.369. The minimum absolute atomic E-state index is 0.144. The molecular formula is C9H13N5O3. The maximum absolute atomic E-state index is 10.5. The van der Waals surface area contributed by atoms with Gasteiger partial charge in [0.15, 0.2) is 0 Å². The van der Waals surface area contributed by atoms with Crippen molar-refractivity contribution in [2.24, 2.45) is 5.73 Å². The van der Waals surface area contributed by atoms with Crippen LogP contribution in [0, 0.1) is 10.1 Å². The first-order valence-electron chi connectivity index (χ1n) is 4.94. The molecule has 0 aliphatic heterocycles. The summed E-state index contributed by atoms with van der Waals surface area (Å²) in [5.41, 5.74) is 10.2. The molecule has 92 valence electrons. The summed E-state index contributed by atoms with van der Waals surface area (Å²) in [6.45, 7) is 0.493. The molecule has 0 radical (unpaired) electrons. The maximum atomic E-state index is 10.5. The lowest BCUT2D eigenvalue weighted by atomic mass is 10.3. The summed E-state index contributed by atoms with van der Waals surface area (Å²) in [6.07, 6.45) is 0.837. The summed E-state index contributed by atoms with van der Waals surface area (Å²) >= 11 is 0. The summed E-state index contributed by atoms with van der Waals surface area (Å²) < 4.78 is 0. The highest BCUT2D eigenvalue weighted by Gasteiger charge is 2.12. The highest BCUT2D eigenvalue weighted by molar-refractivity contribution is 5.73. The molecule has 0 saturated heterocycles. The van der Waals surface area contributed by atoms with Gasteiger partial charge in [-0.15, -0.1) is 0 Å². The number of amides is 1. The highest BCUT2D eigenvalue weighted by atomic mass is 16.6. The Bertz CT molecular complexity index is 435. The van der Waals surface area contributed by atoms with Crippen LogP contribution in [0.3, 0.4) is 0 Å². The molecule has 8 heteroatoms. The Hall–Kier alpha value is -2.38. The van der Waals surface area contributed by atoms with E-state index in [1.54, 1.807) is 0 Å². The Morgan fingerprint density at radius 2 is 2.24 bits per heavy atom. The van der Waals surface area contributed by atoms with Crippen LogP contribution < -0.4 is 16.8 Å². The zero-order valence-corrected chi connectivity index (χ0v) is 9.05. The average molecular weight is 239 g/mol. The van der Waals surface area contributed by atoms with Crippen molar-refractivity contribution < 1.29 is 9.72 Å². The highest BCUT2D eigenvalue weighted by Crippen LogP contribution is 2.20. The van der Waals surface area contributed by atoms with Gasteiger partial charge in [0.2, 0.25) is 11.7 Å². The Balaban J connectivity index is 2.53. The van der Waals surface area contributed by atoms with E-state index in [9.17, 15) is 14.9 Å². The third-order valence-corrected chi connectivity index (χ3v) is 2.01. The number of hydrogen-bond donors (Lipinski definition) is 3. The molecule has 0 bridgehead atoms. The molecule has 1 aromatic heterocycles. The lowest BCUT2D eigenvalue weighted by Crippen LogP contribution is -2.13. The second kappa shape index (κ2) is 5.64. The summed E-state index contributed by atoms with van der Waals surface area (Å²) in [7, 11) is 0. The number of nitrogens with two attached hydrogens (primary N) is 2. The van der Waals surface area contributed by atoms with Crippen molar-refractivity contribution in [1.29, 1.82) is 0 Å². The van der Waals surface area contributed by atoms with Gasteiger partial charge in [-0.1, -0.05) is 0 Å². The van der Waals surface area contributed by atoms with Crippen molar-refractivity contribution in [3.8, 4) is 0 Å². The molecule has 0 aromatic carbocycles. The first kappa shape index (κ1) is 12.7. The molecule has 0 unspecified atom stereocenters. The standard InChI is InChI=1S/C9H13N5O3/c10-7(15)2-1-5-12-8-4-3-6(14(16)17)9(11)13-8/h3-4H,1-2,5H2,(H2,10,15)(H3,11,12,13). The number of anilines is 2. The number of carbonyl (C=O) groups excluding carboxylic acids is 1. The molecule has 1 amide bonds.